The molecule has 2 aromatic rings. The summed E-state index contributed by atoms with van der Waals surface area (Å²) in [6.07, 6.45) is 7.08. The van der Waals surface area contributed by atoms with E-state index in [0.717, 1.165) is 18.7 Å². The highest BCUT2D eigenvalue weighted by atomic mass is 35.5. The van der Waals surface area contributed by atoms with E-state index in [1.54, 1.807) is 0 Å². The van der Waals surface area contributed by atoms with Crippen molar-refractivity contribution < 1.29 is 4.43 Å². The summed E-state index contributed by atoms with van der Waals surface area (Å²) in [5.74, 6) is 0.703. The second-order valence-corrected chi connectivity index (χ2v) is 14.6. The first-order chi connectivity index (χ1) is 11.6. The van der Waals surface area contributed by atoms with Crippen molar-refractivity contribution in [2.24, 2.45) is 11.3 Å². The number of nitrogens with zero attached hydrogens (tertiary/aromatic N) is 4. The molecular formula is C18H27ClN4OSi. The highest BCUT2D eigenvalue weighted by Gasteiger charge is 2.57. The smallest absolute Gasteiger partial charge is 0.192 e. The first-order valence-electron chi connectivity index (χ1n) is 9.09. The molecule has 0 spiro atoms. The van der Waals surface area contributed by atoms with E-state index in [1.165, 1.54) is 19.2 Å². The minimum absolute atomic E-state index is 0.263. The number of halogens is 1. The van der Waals surface area contributed by atoms with Crippen LogP contribution in [0.3, 0.4) is 0 Å². The third-order valence-electron chi connectivity index (χ3n) is 6.79. The first-order valence-corrected chi connectivity index (χ1v) is 12.4. The summed E-state index contributed by atoms with van der Waals surface area (Å²) in [7, 11) is -1.69. The van der Waals surface area contributed by atoms with Gasteiger partial charge in [-0.15, -0.1) is 0 Å². The highest BCUT2D eigenvalue weighted by molar-refractivity contribution is 6.74. The van der Waals surface area contributed by atoms with E-state index in [4.69, 9.17) is 16.0 Å². The van der Waals surface area contributed by atoms with E-state index in [-0.39, 0.29) is 5.04 Å². The van der Waals surface area contributed by atoms with Gasteiger partial charge < -0.3 is 8.99 Å². The molecule has 0 radical (unpaired) electrons. The van der Waals surface area contributed by atoms with Crippen molar-refractivity contribution in [3.8, 4) is 0 Å². The quantitative estimate of drug-likeness (QED) is 0.564. The van der Waals surface area contributed by atoms with Gasteiger partial charge in [0.2, 0.25) is 0 Å². The van der Waals surface area contributed by atoms with Crippen LogP contribution in [0.5, 0.6) is 0 Å². The number of hydrogen-bond donors (Lipinski definition) is 0. The molecule has 5 rings (SSSR count). The molecule has 136 valence electrons. The zero-order valence-corrected chi connectivity index (χ0v) is 17.5. The predicted molar refractivity (Wildman–Crippen MR) is 102 cm³/mol. The lowest BCUT2D eigenvalue weighted by Crippen LogP contribution is -2.45. The van der Waals surface area contributed by atoms with Crippen LogP contribution in [0.15, 0.2) is 12.7 Å². The predicted octanol–water partition coefficient (Wildman–Crippen LogP) is 4.84. The minimum atomic E-state index is -1.69. The van der Waals surface area contributed by atoms with Gasteiger partial charge in [-0.2, -0.15) is 0 Å². The fraction of sp³-hybridized carbons (Fsp3) is 0.722. The average molecular weight is 379 g/mol. The van der Waals surface area contributed by atoms with Crippen LogP contribution in [0.1, 0.15) is 46.1 Å². The number of fused-ring (bicyclic) bond motifs is 2. The SMILES string of the molecule is CC(C)(C)[Si](C)(C)OCC12CC(C1)[C@@H](n1cnc3c(Cl)ncnc31)C2. The van der Waals surface area contributed by atoms with Gasteiger partial charge >= 0.3 is 0 Å². The molecule has 0 N–H and O–H groups in total. The van der Waals surface area contributed by atoms with E-state index in [1.807, 2.05) is 6.33 Å². The minimum Gasteiger partial charge on any atom is -0.416 e. The van der Waals surface area contributed by atoms with Gasteiger partial charge in [-0.25, -0.2) is 15.0 Å². The van der Waals surface area contributed by atoms with Crippen LogP contribution >= 0.6 is 11.6 Å². The topological polar surface area (TPSA) is 52.8 Å². The Morgan fingerprint density at radius 1 is 1.24 bits per heavy atom. The van der Waals surface area contributed by atoms with E-state index in [2.05, 4.69) is 53.4 Å². The van der Waals surface area contributed by atoms with E-state index < -0.39 is 8.32 Å². The third kappa shape index (κ3) is 2.73. The molecule has 0 unspecified atom stereocenters. The number of hydrogen-bond acceptors (Lipinski definition) is 4. The fourth-order valence-corrected chi connectivity index (χ4v) is 5.50. The van der Waals surface area contributed by atoms with Gasteiger partial charge in [0.25, 0.3) is 0 Å². The molecule has 2 heterocycles. The van der Waals surface area contributed by atoms with Gasteiger partial charge in [0.05, 0.1) is 6.33 Å². The summed E-state index contributed by atoms with van der Waals surface area (Å²) in [6, 6.07) is 0.457. The summed E-state index contributed by atoms with van der Waals surface area (Å²) >= 11 is 6.15. The van der Waals surface area contributed by atoms with Gasteiger partial charge in [-0.3, -0.25) is 0 Å². The lowest BCUT2D eigenvalue weighted by molar-refractivity contribution is 0.0602. The molecule has 3 fully saturated rings. The summed E-state index contributed by atoms with van der Waals surface area (Å²) < 4.78 is 8.78. The van der Waals surface area contributed by atoms with Crippen LogP contribution in [-0.2, 0) is 4.43 Å². The van der Waals surface area contributed by atoms with Gasteiger partial charge in [0, 0.05) is 12.6 Å². The summed E-state index contributed by atoms with van der Waals surface area (Å²) in [4.78, 5) is 12.9. The number of rotatable bonds is 4. The lowest BCUT2D eigenvalue weighted by atomic mass is 9.70. The summed E-state index contributed by atoms with van der Waals surface area (Å²) in [6.45, 7) is 12.5. The molecule has 3 aliphatic carbocycles. The molecule has 0 aliphatic heterocycles. The Hall–Kier alpha value is -0.983. The molecule has 3 saturated carbocycles. The molecule has 5 nitrogen and oxygen atoms in total. The molecule has 1 atom stereocenters. The second kappa shape index (κ2) is 5.51. The Bertz CT molecular complexity index is 807. The molecular weight excluding hydrogens is 352 g/mol. The van der Waals surface area contributed by atoms with E-state index in [0.29, 0.717) is 28.0 Å². The molecule has 25 heavy (non-hydrogen) atoms. The molecule has 0 aromatic carbocycles. The van der Waals surface area contributed by atoms with Crippen molar-refractivity contribution in [3.63, 3.8) is 0 Å². The van der Waals surface area contributed by atoms with Crippen molar-refractivity contribution in [1.82, 2.24) is 19.5 Å². The monoisotopic (exact) mass is 378 g/mol. The van der Waals surface area contributed by atoms with Crippen molar-refractivity contribution in [3.05, 3.63) is 17.8 Å². The molecule has 2 bridgehead atoms. The van der Waals surface area contributed by atoms with Crippen molar-refractivity contribution in [2.75, 3.05) is 6.61 Å². The Balaban J connectivity index is 1.51. The van der Waals surface area contributed by atoms with Crippen molar-refractivity contribution in [1.29, 1.82) is 0 Å². The van der Waals surface area contributed by atoms with Gasteiger partial charge in [0.1, 0.15) is 11.8 Å². The van der Waals surface area contributed by atoms with Gasteiger partial charge in [0.15, 0.2) is 19.1 Å². The Kier molecular flexibility index (Phi) is 3.84. The van der Waals surface area contributed by atoms with Crippen LogP contribution in [-0.4, -0.2) is 34.4 Å². The fourth-order valence-electron chi connectivity index (χ4n) is 4.22. The average Bonchev–Trinajstić information content (AvgIpc) is 3.14. The summed E-state index contributed by atoms with van der Waals surface area (Å²) in [5, 5.41) is 0.698. The molecule has 7 heteroatoms. The number of aromatic nitrogens is 4. The second-order valence-electron chi connectivity index (χ2n) is 9.48. The van der Waals surface area contributed by atoms with Crippen LogP contribution in [0.2, 0.25) is 23.3 Å². The largest absolute Gasteiger partial charge is 0.416 e. The maximum absolute atomic E-state index is 6.56. The van der Waals surface area contributed by atoms with Gasteiger partial charge in [-0.1, -0.05) is 32.4 Å². The molecule has 0 saturated heterocycles. The molecule has 3 aliphatic rings. The maximum atomic E-state index is 6.56. The van der Waals surface area contributed by atoms with Gasteiger partial charge in [-0.05, 0) is 48.7 Å². The van der Waals surface area contributed by atoms with Crippen molar-refractivity contribution >= 4 is 31.1 Å². The highest BCUT2D eigenvalue weighted by Crippen LogP contribution is 2.64. The van der Waals surface area contributed by atoms with Crippen LogP contribution < -0.4 is 0 Å². The number of imidazole rings is 1. The Morgan fingerprint density at radius 3 is 2.64 bits per heavy atom. The maximum Gasteiger partial charge on any atom is 0.192 e. The summed E-state index contributed by atoms with van der Waals surface area (Å²) in [5.41, 5.74) is 1.91. The van der Waals surface area contributed by atoms with E-state index >= 15 is 0 Å². The third-order valence-corrected chi connectivity index (χ3v) is 11.5. The van der Waals surface area contributed by atoms with Crippen LogP contribution in [0.25, 0.3) is 11.2 Å². The van der Waals surface area contributed by atoms with Crippen molar-refractivity contribution in [2.45, 2.75) is 64.2 Å². The van der Waals surface area contributed by atoms with E-state index in [9.17, 15) is 0 Å². The standard InChI is InChI=1S/C18H27ClN4OSi/c1-17(2,3)25(4,5)24-9-18-6-12(7-18)13(8-18)23-11-22-14-15(19)20-10-21-16(14)23/h10-13H,6-9H2,1-5H3/t12?,13-,18?/m0/s1. The Morgan fingerprint density at radius 2 is 1.96 bits per heavy atom. The molecule has 0 amide bonds. The van der Waals surface area contributed by atoms with Crippen LogP contribution in [0.4, 0.5) is 0 Å². The first kappa shape index (κ1) is 17.4. The zero-order valence-electron chi connectivity index (χ0n) is 15.7. The van der Waals surface area contributed by atoms with Crippen LogP contribution in [0, 0.1) is 11.3 Å². The lowest BCUT2D eigenvalue weighted by Gasteiger charge is -2.43. The zero-order chi connectivity index (χ0) is 18.0. The normalized spacial score (nSPS) is 29.2. The molecule has 2 aromatic heterocycles. The Labute approximate surface area is 155 Å².